The molecule has 3 nitrogen and oxygen atoms in total. The van der Waals surface area contributed by atoms with Crippen molar-refractivity contribution in [3.05, 3.63) is 89.8 Å². The fraction of sp³-hybridized carbons (Fsp3) is 0.463. The number of aromatic nitrogens is 1. The number of hydrogen-bond donors (Lipinski definition) is 1. The van der Waals surface area contributed by atoms with Crippen molar-refractivity contribution in [1.29, 1.82) is 0 Å². The Kier molecular flexibility index (Phi) is 12.2. The van der Waals surface area contributed by atoms with Crippen molar-refractivity contribution in [1.82, 2.24) is 4.98 Å². The van der Waals surface area contributed by atoms with E-state index in [-0.39, 0.29) is 50.6 Å². The molecule has 3 aromatic carbocycles. The quantitative estimate of drug-likeness (QED) is 0.127. The van der Waals surface area contributed by atoms with E-state index in [1.807, 2.05) is 6.07 Å². The third-order valence-corrected chi connectivity index (χ3v) is 10.3. The molecular formula is C41H50IrNO2-. The van der Waals surface area contributed by atoms with E-state index in [4.69, 9.17) is 4.98 Å². The Bertz CT molecular complexity index is 1620. The number of carbonyl (C=O) groups is 1. The molecule has 0 aliphatic heterocycles. The summed E-state index contributed by atoms with van der Waals surface area (Å²) in [6.07, 6.45) is 18.7. The standard InChI is InChI=1S/C25H22N.C15H24O2.CH4.Ir/c1-25(2)15-7-11-18-10-6-14-21-23(18)22(25)16-26-24(21)20-13-5-9-17-8-3-4-12-19(17)20;16-14(12-7-3-1-4-8-12)11-15(17)13-9-5-2-6-10-13;;/h3-6,8-10,12,14,16H,7,11,15H2,1-2H3;11-13,16H,1-10H2;1H4;/q-1;;;. The first-order valence-electron chi connectivity index (χ1n) is 16.7. The largest absolute Gasteiger partial charge is 0.512 e. The molecule has 4 aromatic rings. The molecule has 1 aromatic heterocycles. The van der Waals surface area contributed by atoms with Crippen LogP contribution in [0.2, 0.25) is 0 Å². The second-order valence-electron chi connectivity index (χ2n) is 13.7. The molecule has 1 N–H and O–H groups in total. The minimum Gasteiger partial charge on any atom is -0.512 e. The summed E-state index contributed by atoms with van der Waals surface area (Å²) >= 11 is 0. The van der Waals surface area contributed by atoms with E-state index in [1.54, 1.807) is 6.08 Å². The summed E-state index contributed by atoms with van der Waals surface area (Å²) in [5.41, 5.74) is 5.18. The Morgan fingerprint density at radius 2 is 1.53 bits per heavy atom. The Hall–Kier alpha value is -2.81. The van der Waals surface area contributed by atoms with Gasteiger partial charge in [-0.1, -0.05) is 108 Å². The summed E-state index contributed by atoms with van der Waals surface area (Å²) in [6.45, 7) is 4.71. The third-order valence-electron chi connectivity index (χ3n) is 10.3. The number of aryl methyl sites for hydroxylation is 1. The summed E-state index contributed by atoms with van der Waals surface area (Å²) in [5.74, 6) is 0.985. The molecule has 3 aliphatic rings. The predicted octanol–water partition coefficient (Wildman–Crippen LogP) is 11.3. The molecule has 0 spiro atoms. The molecule has 0 saturated heterocycles. The van der Waals surface area contributed by atoms with Crippen molar-refractivity contribution in [2.45, 2.75) is 110 Å². The van der Waals surface area contributed by atoms with Crippen LogP contribution in [-0.4, -0.2) is 15.9 Å². The van der Waals surface area contributed by atoms with Gasteiger partial charge in [-0.3, -0.25) is 4.79 Å². The van der Waals surface area contributed by atoms with E-state index in [1.165, 1.54) is 84.0 Å². The molecule has 0 bridgehead atoms. The molecule has 1 heterocycles. The zero-order valence-corrected chi connectivity index (χ0v) is 28.7. The van der Waals surface area contributed by atoms with Gasteiger partial charge < -0.3 is 10.1 Å². The van der Waals surface area contributed by atoms with Crippen LogP contribution in [0.5, 0.6) is 0 Å². The Morgan fingerprint density at radius 3 is 2.27 bits per heavy atom. The molecule has 1 radical (unpaired) electrons. The summed E-state index contributed by atoms with van der Waals surface area (Å²) in [6, 6.07) is 22.9. The Morgan fingerprint density at radius 1 is 0.867 bits per heavy atom. The van der Waals surface area contributed by atoms with Crippen LogP contribution >= 0.6 is 0 Å². The summed E-state index contributed by atoms with van der Waals surface area (Å²) < 4.78 is 0. The number of nitrogens with zero attached hydrogens (tertiary/aromatic N) is 1. The number of aliphatic hydroxyl groups excluding tert-OH is 1. The van der Waals surface area contributed by atoms with Crippen molar-refractivity contribution in [3.63, 3.8) is 0 Å². The number of rotatable bonds is 4. The maximum Gasteiger partial charge on any atom is 0.162 e. The maximum atomic E-state index is 12.0. The van der Waals surface area contributed by atoms with E-state index in [2.05, 4.69) is 74.6 Å². The van der Waals surface area contributed by atoms with Gasteiger partial charge in [-0.2, -0.15) is 0 Å². The Labute approximate surface area is 284 Å². The van der Waals surface area contributed by atoms with Crippen LogP contribution in [-0.2, 0) is 36.7 Å². The number of hydrogen-bond acceptors (Lipinski definition) is 3. The molecule has 0 atom stereocenters. The summed E-state index contributed by atoms with van der Waals surface area (Å²) in [5, 5.41) is 15.2. The van der Waals surface area contributed by atoms with Gasteiger partial charge in [-0.05, 0) is 78.0 Å². The zero-order valence-electron chi connectivity index (χ0n) is 26.3. The van der Waals surface area contributed by atoms with Gasteiger partial charge in [-0.15, -0.1) is 29.1 Å². The van der Waals surface area contributed by atoms with Crippen LogP contribution < -0.4 is 0 Å². The van der Waals surface area contributed by atoms with E-state index in [9.17, 15) is 9.90 Å². The SMILES string of the molecule is C.CC1(C)CCCc2cccc3c(-c4[c-]ccc5ccccc45)ncc1c23.O=C(C=C(O)C1CCCCC1)C1CCCCC1.[Ir]. The maximum absolute atomic E-state index is 12.0. The summed E-state index contributed by atoms with van der Waals surface area (Å²) in [7, 11) is 0. The van der Waals surface area contributed by atoms with Gasteiger partial charge in [0.2, 0.25) is 0 Å². The van der Waals surface area contributed by atoms with Crippen molar-refractivity contribution in [2.24, 2.45) is 11.8 Å². The van der Waals surface area contributed by atoms with Crippen molar-refractivity contribution in [3.8, 4) is 11.3 Å². The zero-order chi connectivity index (χ0) is 29.8. The first-order chi connectivity index (χ1) is 20.9. The minimum atomic E-state index is 0. The van der Waals surface area contributed by atoms with Crippen molar-refractivity contribution in [2.75, 3.05) is 0 Å². The number of benzene rings is 3. The predicted molar refractivity (Wildman–Crippen MR) is 185 cm³/mol. The topological polar surface area (TPSA) is 50.2 Å². The second-order valence-corrected chi connectivity index (χ2v) is 13.7. The molecule has 3 aliphatic carbocycles. The first-order valence-corrected chi connectivity index (χ1v) is 16.7. The normalized spacial score (nSPS) is 18.6. The van der Waals surface area contributed by atoms with Gasteiger partial charge in [-0.25, -0.2) is 0 Å². The van der Waals surface area contributed by atoms with Crippen molar-refractivity contribution < 1.29 is 30.0 Å². The van der Waals surface area contributed by atoms with Gasteiger partial charge in [0.15, 0.2) is 5.78 Å². The fourth-order valence-electron chi connectivity index (χ4n) is 7.68. The number of fused-ring (bicyclic) bond motifs is 1. The minimum absolute atomic E-state index is 0. The van der Waals surface area contributed by atoms with Crippen molar-refractivity contribution >= 4 is 27.3 Å². The molecule has 7 rings (SSSR count). The van der Waals surface area contributed by atoms with Crippen LogP contribution in [0, 0.1) is 17.9 Å². The monoisotopic (exact) mass is 781 g/mol. The van der Waals surface area contributed by atoms with Crippen LogP contribution in [0.1, 0.15) is 109 Å². The number of pyridine rings is 1. The molecule has 0 amide bonds. The van der Waals surface area contributed by atoms with Gasteiger partial charge in [0, 0.05) is 44.2 Å². The molecule has 0 unspecified atom stereocenters. The van der Waals surface area contributed by atoms with Crippen LogP contribution in [0.3, 0.4) is 0 Å². The average Bonchev–Trinajstić information content (AvgIpc) is 3.18. The van der Waals surface area contributed by atoms with Gasteiger partial charge in [0.25, 0.3) is 0 Å². The number of carbonyl (C=O) groups excluding carboxylic acids is 1. The number of allylic oxidation sites excluding steroid dienone is 2. The molecule has 4 heteroatoms. The number of aliphatic hydroxyl groups is 1. The van der Waals surface area contributed by atoms with Gasteiger partial charge in [0.05, 0.1) is 5.76 Å². The van der Waals surface area contributed by atoms with Gasteiger partial charge >= 0.3 is 0 Å². The molecular weight excluding hydrogens is 731 g/mol. The second kappa shape index (κ2) is 15.7. The average molecular weight is 781 g/mol. The Balaban J connectivity index is 0.000000213. The molecule has 45 heavy (non-hydrogen) atoms. The van der Waals surface area contributed by atoms with Crippen LogP contribution in [0.4, 0.5) is 0 Å². The van der Waals surface area contributed by atoms with Gasteiger partial charge in [0.1, 0.15) is 0 Å². The molecule has 241 valence electrons. The molecule has 2 saturated carbocycles. The third kappa shape index (κ3) is 7.78. The van der Waals surface area contributed by atoms with E-state index >= 15 is 0 Å². The number of ketones is 1. The fourth-order valence-corrected chi connectivity index (χ4v) is 7.68. The molecule has 2 fully saturated rings. The summed E-state index contributed by atoms with van der Waals surface area (Å²) in [4.78, 5) is 17.0. The van der Waals surface area contributed by atoms with E-state index < -0.39 is 0 Å². The van der Waals surface area contributed by atoms with E-state index in [0.29, 0.717) is 5.76 Å². The first kappa shape index (κ1) is 35.1. The smallest absolute Gasteiger partial charge is 0.162 e. The van der Waals surface area contributed by atoms with Crippen LogP contribution in [0.15, 0.2) is 72.6 Å². The van der Waals surface area contributed by atoms with Crippen LogP contribution in [0.25, 0.3) is 32.8 Å². The van der Waals surface area contributed by atoms with E-state index in [0.717, 1.165) is 43.4 Å².